The van der Waals surface area contributed by atoms with Gasteiger partial charge in [0, 0.05) is 30.2 Å². The highest BCUT2D eigenvalue weighted by Gasteiger charge is 2.28. The van der Waals surface area contributed by atoms with Crippen molar-refractivity contribution >= 4 is 11.6 Å². The molecule has 0 saturated carbocycles. The fraction of sp³-hybridized carbons (Fsp3) is 0.393. The second-order valence-electron chi connectivity index (χ2n) is 9.25. The molecule has 2 atom stereocenters. The van der Waals surface area contributed by atoms with E-state index >= 15 is 0 Å². The maximum Gasteiger partial charge on any atom is 0.387 e. The molecule has 7 nitrogen and oxygen atoms in total. The van der Waals surface area contributed by atoms with Gasteiger partial charge in [-0.2, -0.15) is 8.78 Å². The Hall–Kier alpha value is -3.75. The normalized spacial score (nSPS) is 17.1. The number of ether oxygens (including phenoxy) is 2. The van der Waals surface area contributed by atoms with Gasteiger partial charge in [0.15, 0.2) is 11.5 Å². The second-order valence-corrected chi connectivity index (χ2v) is 9.25. The lowest BCUT2D eigenvalue weighted by Gasteiger charge is -2.19. The predicted octanol–water partition coefficient (Wildman–Crippen LogP) is 5.49. The Morgan fingerprint density at radius 1 is 1.16 bits per heavy atom. The maximum atomic E-state index is 13.1. The number of carbonyl (C=O) groups excluding carboxylic acids is 1. The van der Waals surface area contributed by atoms with Crippen LogP contribution in [0.4, 0.5) is 8.78 Å². The number of carbonyl (C=O) groups is 1. The monoisotopic (exact) mass is 511 g/mol. The number of aromatic nitrogens is 1. The van der Waals surface area contributed by atoms with E-state index in [0.29, 0.717) is 25.0 Å². The second kappa shape index (κ2) is 11.1. The molecule has 0 aliphatic carbocycles. The van der Waals surface area contributed by atoms with Gasteiger partial charge in [-0.05, 0) is 55.9 Å². The summed E-state index contributed by atoms with van der Waals surface area (Å²) in [5, 5.41) is 6.70. The predicted molar refractivity (Wildman–Crippen MR) is 137 cm³/mol. The molecule has 3 aromatic rings. The van der Waals surface area contributed by atoms with E-state index in [0.717, 1.165) is 39.3 Å². The lowest BCUT2D eigenvalue weighted by atomic mass is 9.89. The summed E-state index contributed by atoms with van der Waals surface area (Å²) in [7, 11) is 3.03. The number of hydrogen-bond donors (Lipinski definition) is 1. The number of aryl methyl sites for hydroxylation is 2. The van der Waals surface area contributed by atoms with Crippen LogP contribution >= 0.6 is 0 Å². The van der Waals surface area contributed by atoms with Crippen molar-refractivity contribution in [3.05, 3.63) is 64.5 Å². The number of rotatable bonds is 8. The molecule has 0 bridgehead atoms. The standard InChI is InChI=1S/C28H31F2N3O4/c1-15-12-20-13-24(36-28(29)30)23(35-5)14-21(20)27(32-22(15)10-11-25(34)31-4)19-8-6-18(7-9-19)26-16(2)33-37-17(26)3/h6-9,13-15,22,28H,10-12H2,1-5H3,(H,31,34). The number of methoxy groups -OCH3 is 1. The van der Waals surface area contributed by atoms with E-state index in [-0.39, 0.29) is 29.4 Å². The van der Waals surface area contributed by atoms with Crippen LogP contribution in [0.15, 0.2) is 45.9 Å². The van der Waals surface area contributed by atoms with Gasteiger partial charge in [0.1, 0.15) is 5.76 Å². The Labute approximate surface area is 214 Å². The quantitative estimate of drug-likeness (QED) is 0.432. The van der Waals surface area contributed by atoms with Crippen LogP contribution in [0.3, 0.4) is 0 Å². The number of hydrogen-bond acceptors (Lipinski definition) is 6. The summed E-state index contributed by atoms with van der Waals surface area (Å²) in [5.41, 5.74) is 5.92. The molecule has 2 aromatic carbocycles. The number of nitrogens with one attached hydrogen (secondary N) is 1. The van der Waals surface area contributed by atoms with Crippen LogP contribution in [0.2, 0.25) is 0 Å². The zero-order valence-corrected chi connectivity index (χ0v) is 21.6. The van der Waals surface area contributed by atoms with Crippen LogP contribution < -0.4 is 14.8 Å². The first-order valence-electron chi connectivity index (χ1n) is 12.2. The van der Waals surface area contributed by atoms with E-state index in [1.165, 1.54) is 7.11 Å². The van der Waals surface area contributed by atoms with Gasteiger partial charge in [0.2, 0.25) is 5.91 Å². The number of alkyl halides is 2. The van der Waals surface area contributed by atoms with Gasteiger partial charge in [0.25, 0.3) is 0 Å². The van der Waals surface area contributed by atoms with Crippen LogP contribution in [-0.2, 0) is 11.2 Å². The number of amides is 1. The lowest BCUT2D eigenvalue weighted by molar-refractivity contribution is -0.120. The van der Waals surface area contributed by atoms with E-state index in [1.54, 1.807) is 19.2 Å². The molecule has 4 rings (SSSR count). The third-order valence-electron chi connectivity index (χ3n) is 6.78. The zero-order valence-electron chi connectivity index (χ0n) is 21.6. The SMILES string of the molecule is CNC(=O)CCC1N=C(c2ccc(-c3c(C)noc3C)cc2)c2cc(OC)c(OC(F)F)cc2CC1C. The van der Waals surface area contributed by atoms with Crippen molar-refractivity contribution in [3.8, 4) is 22.6 Å². The van der Waals surface area contributed by atoms with Crippen molar-refractivity contribution in [1.82, 2.24) is 10.5 Å². The Kier molecular flexibility index (Phi) is 7.90. The highest BCUT2D eigenvalue weighted by Crippen LogP contribution is 2.37. The molecule has 196 valence electrons. The molecule has 0 radical (unpaired) electrons. The number of aliphatic imine (C=N–C) groups is 1. The summed E-state index contributed by atoms with van der Waals surface area (Å²) >= 11 is 0. The minimum atomic E-state index is -2.97. The summed E-state index contributed by atoms with van der Waals surface area (Å²) in [6.45, 7) is 2.86. The highest BCUT2D eigenvalue weighted by molar-refractivity contribution is 6.14. The van der Waals surface area contributed by atoms with Crippen LogP contribution in [0.25, 0.3) is 11.1 Å². The molecule has 1 amide bonds. The molecule has 2 unspecified atom stereocenters. The number of nitrogens with zero attached hydrogens (tertiary/aromatic N) is 2. The fourth-order valence-electron chi connectivity index (χ4n) is 4.86. The molecule has 1 aliphatic heterocycles. The van der Waals surface area contributed by atoms with E-state index in [9.17, 15) is 13.6 Å². The van der Waals surface area contributed by atoms with Gasteiger partial charge in [0.05, 0.1) is 24.6 Å². The highest BCUT2D eigenvalue weighted by atomic mass is 19.3. The number of fused-ring (bicyclic) bond motifs is 1. The Morgan fingerprint density at radius 2 is 1.86 bits per heavy atom. The first kappa shape index (κ1) is 26.3. The third-order valence-corrected chi connectivity index (χ3v) is 6.78. The Bertz CT molecular complexity index is 1280. The molecule has 9 heteroatoms. The summed E-state index contributed by atoms with van der Waals surface area (Å²) in [6.07, 6.45) is 1.49. The first-order chi connectivity index (χ1) is 17.7. The van der Waals surface area contributed by atoms with Crippen molar-refractivity contribution in [2.45, 2.75) is 52.7 Å². The van der Waals surface area contributed by atoms with Gasteiger partial charge < -0.3 is 19.3 Å². The molecule has 0 spiro atoms. The van der Waals surface area contributed by atoms with Gasteiger partial charge in [-0.15, -0.1) is 0 Å². The topological polar surface area (TPSA) is 86.0 Å². The largest absolute Gasteiger partial charge is 0.493 e. The van der Waals surface area contributed by atoms with Crippen molar-refractivity contribution < 1.29 is 27.6 Å². The summed E-state index contributed by atoms with van der Waals surface area (Å²) in [4.78, 5) is 17.1. The molecule has 37 heavy (non-hydrogen) atoms. The molecular formula is C28H31F2N3O4. The molecule has 2 heterocycles. The van der Waals surface area contributed by atoms with Gasteiger partial charge in [-0.25, -0.2) is 0 Å². The smallest absolute Gasteiger partial charge is 0.387 e. The van der Waals surface area contributed by atoms with Gasteiger partial charge in [-0.1, -0.05) is 36.3 Å². The molecule has 1 N–H and O–H groups in total. The average molecular weight is 512 g/mol. The van der Waals surface area contributed by atoms with Crippen LogP contribution in [0.1, 0.15) is 47.9 Å². The van der Waals surface area contributed by atoms with E-state index in [4.69, 9.17) is 19.0 Å². The minimum absolute atomic E-state index is 0.0135. The fourth-order valence-corrected chi connectivity index (χ4v) is 4.86. The summed E-state index contributed by atoms with van der Waals surface area (Å²) in [6, 6.07) is 11.1. The first-order valence-corrected chi connectivity index (χ1v) is 12.2. The molecule has 0 saturated heterocycles. The van der Waals surface area contributed by atoms with Gasteiger partial charge >= 0.3 is 6.61 Å². The molecule has 1 aliphatic rings. The Morgan fingerprint density at radius 3 is 2.46 bits per heavy atom. The summed E-state index contributed by atoms with van der Waals surface area (Å²) < 4.78 is 41.7. The van der Waals surface area contributed by atoms with Gasteiger partial charge in [-0.3, -0.25) is 9.79 Å². The van der Waals surface area contributed by atoms with E-state index in [2.05, 4.69) is 17.4 Å². The third kappa shape index (κ3) is 5.65. The maximum absolute atomic E-state index is 13.1. The minimum Gasteiger partial charge on any atom is -0.493 e. The van der Waals surface area contributed by atoms with Crippen LogP contribution in [0, 0.1) is 19.8 Å². The average Bonchev–Trinajstić information content (AvgIpc) is 3.14. The van der Waals surface area contributed by atoms with E-state index in [1.807, 2.05) is 38.1 Å². The van der Waals surface area contributed by atoms with Crippen molar-refractivity contribution in [1.29, 1.82) is 0 Å². The van der Waals surface area contributed by atoms with Crippen molar-refractivity contribution in [2.75, 3.05) is 14.2 Å². The zero-order chi connectivity index (χ0) is 26.7. The van der Waals surface area contributed by atoms with E-state index < -0.39 is 6.61 Å². The van der Waals surface area contributed by atoms with Crippen LogP contribution in [0.5, 0.6) is 11.5 Å². The molecule has 0 fully saturated rings. The van der Waals surface area contributed by atoms with Crippen molar-refractivity contribution in [3.63, 3.8) is 0 Å². The summed E-state index contributed by atoms with van der Waals surface area (Å²) in [5.74, 6) is 0.941. The lowest BCUT2D eigenvalue weighted by Crippen LogP contribution is -2.23. The number of benzene rings is 2. The number of halogens is 2. The van der Waals surface area contributed by atoms with Crippen LogP contribution in [-0.4, -0.2) is 43.6 Å². The molecule has 1 aromatic heterocycles. The molecular weight excluding hydrogens is 480 g/mol. The Balaban J connectivity index is 1.81. The van der Waals surface area contributed by atoms with Crippen molar-refractivity contribution in [2.24, 2.45) is 10.9 Å².